The fourth-order valence-corrected chi connectivity index (χ4v) is 2.04. The molecule has 0 atom stereocenters. The number of hydrogen-bond acceptors (Lipinski definition) is 2. The number of anilines is 1. The highest BCUT2D eigenvalue weighted by atomic mass is 32.2. The number of nitrogens with one attached hydrogen (secondary N) is 1. The van der Waals surface area contributed by atoms with Crippen molar-refractivity contribution in [3.05, 3.63) is 59.7 Å². The molecule has 2 aromatic rings. The Morgan fingerprint density at radius 1 is 0.857 bits per heavy atom. The van der Waals surface area contributed by atoms with E-state index in [2.05, 4.69) is 60.6 Å². The van der Waals surface area contributed by atoms with Crippen molar-refractivity contribution in [1.82, 2.24) is 0 Å². The molecule has 2 aromatic carbocycles. The van der Waals surface area contributed by atoms with Crippen molar-refractivity contribution in [2.24, 2.45) is 4.99 Å². The fourth-order valence-electron chi connectivity index (χ4n) is 1.62. The molecule has 0 aliphatic rings. The van der Waals surface area contributed by atoms with Crippen LogP contribution in [0, 0.1) is 13.8 Å². The lowest BCUT2D eigenvalue weighted by molar-refractivity contribution is 1.43. The first kappa shape index (κ1) is 17.3. The minimum absolute atomic E-state index is 0.896. The molecule has 0 bridgehead atoms. The maximum Gasteiger partial charge on any atom is 0.165 e. The second-order valence-corrected chi connectivity index (χ2v) is 5.24. The molecule has 0 fully saturated rings. The number of hydrogen-bond donors (Lipinski definition) is 1. The summed E-state index contributed by atoms with van der Waals surface area (Å²) in [5.41, 5.74) is 4.53. The van der Waals surface area contributed by atoms with Gasteiger partial charge in [0.05, 0.1) is 5.69 Å². The van der Waals surface area contributed by atoms with Crippen LogP contribution in [0.25, 0.3) is 0 Å². The molecule has 0 spiro atoms. The number of amidine groups is 1. The monoisotopic (exact) mass is 300 g/mol. The number of aryl methyl sites for hydroxylation is 2. The summed E-state index contributed by atoms with van der Waals surface area (Å²) in [6.07, 6.45) is 2.02. The zero-order valence-corrected chi connectivity index (χ0v) is 14.3. The van der Waals surface area contributed by atoms with Crippen molar-refractivity contribution in [3.63, 3.8) is 0 Å². The SMILES string of the molecule is CC.CSC(=Nc1ccc(C)cc1)Nc1ccc(C)cc1. The average molecular weight is 300 g/mol. The van der Waals surface area contributed by atoms with Gasteiger partial charge in [0.15, 0.2) is 5.17 Å². The zero-order valence-electron chi connectivity index (χ0n) is 13.5. The highest BCUT2D eigenvalue weighted by Crippen LogP contribution is 2.17. The Bertz CT molecular complexity index is 557. The van der Waals surface area contributed by atoms with E-state index in [1.807, 2.05) is 32.2 Å². The Balaban J connectivity index is 0.00000106. The summed E-state index contributed by atoms with van der Waals surface area (Å²) in [7, 11) is 0. The van der Waals surface area contributed by atoms with E-state index in [0.29, 0.717) is 0 Å². The van der Waals surface area contributed by atoms with Crippen molar-refractivity contribution in [2.75, 3.05) is 11.6 Å². The van der Waals surface area contributed by atoms with E-state index < -0.39 is 0 Å². The van der Waals surface area contributed by atoms with Crippen LogP contribution in [0.3, 0.4) is 0 Å². The molecule has 3 heteroatoms. The Labute approximate surface area is 132 Å². The Hall–Kier alpha value is -1.74. The lowest BCUT2D eigenvalue weighted by Gasteiger charge is -2.08. The van der Waals surface area contributed by atoms with E-state index in [1.54, 1.807) is 11.8 Å². The molecule has 0 heterocycles. The smallest absolute Gasteiger partial charge is 0.165 e. The van der Waals surface area contributed by atoms with E-state index in [1.165, 1.54) is 11.1 Å². The van der Waals surface area contributed by atoms with Crippen LogP contribution < -0.4 is 5.32 Å². The van der Waals surface area contributed by atoms with Gasteiger partial charge >= 0.3 is 0 Å². The highest BCUT2D eigenvalue weighted by molar-refractivity contribution is 8.13. The van der Waals surface area contributed by atoms with Crippen molar-refractivity contribution < 1.29 is 0 Å². The van der Waals surface area contributed by atoms with Crippen LogP contribution in [0.5, 0.6) is 0 Å². The Kier molecular flexibility index (Phi) is 7.62. The molecule has 0 aromatic heterocycles. The van der Waals surface area contributed by atoms with Crippen molar-refractivity contribution in [1.29, 1.82) is 0 Å². The maximum absolute atomic E-state index is 4.60. The van der Waals surface area contributed by atoms with E-state index in [0.717, 1.165) is 16.5 Å². The first-order valence-corrected chi connectivity index (χ1v) is 8.43. The van der Waals surface area contributed by atoms with E-state index in [9.17, 15) is 0 Å². The molecule has 2 nitrogen and oxygen atoms in total. The minimum atomic E-state index is 0.896. The van der Waals surface area contributed by atoms with Gasteiger partial charge in [0.2, 0.25) is 0 Å². The van der Waals surface area contributed by atoms with Gasteiger partial charge in [0.1, 0.15) is 0 Å². The first-order valence-electron chi connectivity index (χ1n) is 7.20. The number of rotatable bonds is 2. The minimum Gasteiger partial charge on any atom is -0.335 e. The second kappa shape index (κ2) is 9.24. The predicted octanol–water partition coefficient (Wildman–Crippen LogP) is 5.79. The molecule has 21 heavy (non-hydrogen) atoms. The molecule has 1 N–H and O–H groups in total. The largest absolute Gasteiger partial charge is 0.335 e. The molecule has 0 amide bonds. The summed E-state index contributed by atoms with van der Waals surface area (Å²) in [6.45, 7) is 8.16. The fraction of sp³-hybridized carbons (Fsp3) is 0.278. The molecule has 2 rings (SSSR count). The van der Waals surface area contributed by atoms with Crippen LogP contribution in [0.4, 0.5) is 11.4 Å². The molecule has 112 valence electrons. The van der Waals surface area contributed by atoms with Gasteiger partial charge in [0.25, 0.3) is 0 Å². The molecular formula is C18H24N2S. The lowest BCUT2D eigenvalue weighted by atomic mass is 10.2. The van der Waals surface area contributed by atoms with Gasteiger partial charge in [0, 0.05) is 5.69 Å². The first-order chi connectivity index (χ1) is 10.2. The number of thioether (sulfide) groups is 1. The van der Waals surface area contributed by atoms with Gasteiger partial charge in [-0.25, -0.2) is 4.99 Å². The molecule has 0 aliphatic carbocycles. The van der Waals surface area contributed by atoms with E-state index in [-0.39, 0.29) is 0 Å². The number of benzene rings is 2. The summed E-state index contributed by atoms with van der Waals surface area (Å²) in [5, 5.41) is 4.23. The molecule has 0 aliphatic heterocycles. The van der Waals surface area contributed by atoms with Crippen molar-refractivity contribution in [2.45, 2.75) is 27.7 Å². The van der Waals surface area contributed by atoms with Gasteiger partial charge < -0.3 is 5.32 Å². The number of aliphatic imine (C=N–C) groups is 1. The zero-order chi connectivity index (χ0) is 15.7. The van der Waals surface area contributed by atoms with Gasteiger partial charge in [-0.2, -0.15) is 0 Å². The van der Waals surface area contributed by atoms with Crippen LogP contribution in [-0.4, -0.2) is 11.4 Å². The molecule has 0 saturated heterocycles. The summed E-state index contributed by atoms with van der Waals surface area (Å²) in [5.74, 6) is 0. The standard InChI is InChI=1S/C16H18N2S.C2H6/c1-12-4-8-14(9-5-12)17-16(19-3)18-15-10-6-13(2)7-11-15;1-2/h4-11H,1-3H3,(H,17,18);1-2H3. The van der Waals surface area contributed by atoms with Crippen LogP contribution in [0.1, 0.15) is 25.0 Å². The van der Waals surface area contributed by atoms with Gasteiger partial charge in [-0.1, -0.05) is 61.0 Å². The van der Waals surface area contributed by atoms with Crippen LogP contribution in [0.15, 0.2) is 53.5 Å². The van der Waals surface area contributed by atoms with Crippen LogP contribution >= 0.6 is 11.8 Å². The van der Waals surface area contributed by atoms with Gasteiger partial charge in [-0.3, -0.25) is 0 Å². The normalized spacial score (nSPS) is 10.6. The van der Waals surface area contributed by atoms with E-state index in [4.69, 9.17) is 0 Å². The van der Waals surface area contributed by atoms with Crippen LogP contribution in [0.2, 0.25) is 0 Å². The third-order valence-electron chi connectivity index (χ3n) is 2.76. The molecular weight excluding hydrogens is 276 g/mol. The van der Waals surface area contributed by atoms with Crippen molar-refractivity contribution in [3.8, 4) is 0 Å². The van der Waals surface area contributed by atoms with Gasteiger partial charge in [-0.05, 0) is 44.4 Å². The quantitative estimate of drug-likeness (QED) is 0.560. The Morgan fingerprint density at radius 3 is 1.81 bits per heavy atom. The van der Waals surface area contributed by atoms with Gasteiger partial charge in [-0.15, -0.1) is 0 Å². The Morgan fingerprint density at radius 2 is 1.33 bits per heavy atom. The van der Waals surface area contributed by atoms with Crippen molar-refractivity contribution >= 4 is 28.3 Å². The third kappa shape index (κ3) is 6.05. The second-order valence-electron chi connectivity index (χ2n) is 4.45. The van der Waals surface area contributed by atoms with E-state index >= 15 is 0 Å². The summed E-state index contributed by atoms with van der Waals surface area (Å²) < 4.78 is 0. The molecule has 0 saturated carbocycles. The molecule has 0 unspecified atom stereocenters. The number of nitrogens with zero attached hydrogens (tertiary/aromatic N) is 1. The predicted molar refractivity (Wildman–Crippen MR) is 97.9 cm³/mol. The summed E-state index contributed by atoms with van der Waals surface area (Å²) >= 11 is 1.61. The summed E-state index contributed by atoms with van der Waals surface area (Å²) in [6, 6.07) is 16.5. The average Bonchev–Trinajstić information content (AvgIpc) is 2.53. The topological polar surface area (TPSA) is 24.4 Å². The summed E-state index contributed by atoms with van der Waals surface area (Å²) in [4.78, 5) is 4.60. The molecule has 0 radical (unpaired) electrons. The highest BCUT2D eigenvalue weighted by Gasteiger charge is 1.99. The lowest BCUT2D eigenvalue weighted by Crippen LogP contribution is -2.06. The third-order valence-corrected chi connectivity index (χ3v) is 3.34. The van der Waals surface area contributed by atoms with Crippen LogP contribution in [-0.2, 0) is 0 Å². The maximum atomic E-state index is 4.60.